The molecule has 1 saturated heterocycles. The van der Waals surface area contributed by atoms with Crippen LogP contribution in [0.4, 0.5) is 5.69 Å². The maximum Gasteiger partial charge on any atom is 0.269 e. The first-order valence-electron chi connectivity index (χ1n) is 8.22. The summed E-state index contributed by atoms with van der Waals surface area (Å²) in [6.45, 7) is 6.49. The summed E-state index contributed by atoms with van der Waals surface area (Å²) in [6, 6.07) is 6.49. The minimum atomic E-state index is -0.394. The molecule has 0 aliphatic carbocycles. The van der Waals surface area contributed by atoms with Gasteiger partial charge in [0.05, 0.1) is 11.0 Å². The van der Waals surface area contributed by atoms with Gasteiger partial charge in [0, 0.05) is 31.8 Å². The van der Waals surface area contributed by atoms with Gasteiger partial charge in [-0.15, -0.1) is 0 Å². The van der Waals surface area contributed by atoms with Gasteiger partial charge in [0.25, 0.3) is 5.69 Å². The number of nitrogens with one attached hydrogen (secondary N) is 1. The molecular formula is C17H25N3O3. The first-order chi connectivity index (χ1) is 11.0. The maximum absolute atomic E-state index is 12.3. The lowest BCUT2D eigenvalue weighted by atomic mass is 10.0. The van der Waals surface area contributed by atoms with E-state index < -0.39 is 4.92 Å². The Morgan fingerprint density at radius 1 is 1.30 bits per heavy atom. The van der Waals surface area contributed by atoms with Crippen LogP contribution in [0.2, 0.25) is 0 Å². The number of nitro groups is 1. The van der Waals surface area contributed by atoms with Gasteiger partial charge in [-0.05, 0) is 30.7 Å². The highest BCUT2D eigenvalue weighted by Crippen LogP contribution is 2.19. The minimum Gasteiger partial charge on any atom is -0.355 e. The van der Waals surface area contributed by atoms with Crippen LogP contribution in [-0.2, 0) is 11.3 Å². The molecule has 0 radical (unpaired) electrons. The molecular weight excluding hydrogens is 294 g/mol. The molecule has 1 fully saturated rings. The van der Waals surface area contributed by atoms with Crippen molar-refractivity contribution >= 4 is 11.6 Å². The van der Waals surface area contributed by atoms with Crippen LogP contribution in [0.1, 0.15) is 38.7 Å². The van der Waals surface area contributed by atoms with Crippen LogP contribution in [-0.4, -0.2) is 34.9 Å². The number of nitrogens with zero attached hydrogens (tertiary/aromatic N) is 2. The highest BCUT2D eigenvalue weighted by atomic mass is 16.6. The van der Waals surface area contributed by atoms with Gasteiger partial charge in [-0.3, -0.25) is 19.8 Å². The van der Waals surface area contributed by atoms with Gasteiger partial charge in [0.2, 0.25) is 5.91 Å². The average molecular weight is 319 g/mol. The largest absolute Gasteiger partial charge is 0.355 e. The van der Waals surface area contributed by atoms with E-state index in [1.807, 2.05) is 0 Å². The molecule has 0 saturated carbocycles. The lowest BCUT2D eigenvalue weighted by Crippen LogP contribution is -2.46. The number of nitro benzene ring substituents is 1. The summed E-state index contributed by atoms with van der Waals surface area (Å²) in [7, 11) is 0. The summed E-state index contributed by atoms with van der Waals surface area (Å²) in [5.74, 6) is 0.550. The van der Waals surface area contributed by atoms with Crippen molar-refractivity contribution in [3.63, 3.8) is 0 Å². The molecule has 126 valence electrons. The highest BCUT2D eigenvalue weighted by molar-refractivity contribution is 5.81. The van der Waals surface area contributed by atoms with Crippen LogP contribution in [0.15, 0.2) is 24.3 Å². The van der Waals surface area contributed by atoms with E-state index in [4.69, 9.17) is 0 Å². The van der Waals surface area contributed by atoms with E-state index in [1.54, 1.807) is 12.1 Å². The molecule has 0 spiro atoms. The zero-order valence-corrected chi connectivity index (χ0v) is 13.8. The second-order valence-corrected chi connectivity index (χ2v) is 6.55. The Balaban J connectivity index is 2.13. The Kier molecular flexibility index (Phi) is 6.10. The van der Waals surface area contributed by atoms with Gasteiger partial charge in [0.15, 0.2) is 0 Å². The maximum atomic E-state index is 12.3. The number of rotatable bonds is 6. The van der Waals surface area contributed by atoms with Crippen LogP contribution in [0.3, 0.4) is 0 Å². The number of benzene rings is 1. The third kappa shape index (κ3) is 5.03. The number of carbonyl (C=O) groups is 1. The number of hydrogen-bond acceptors (Lipinski definition) is 4. The van der Waals surface area contributed by atoms with E-state index in [-0.39, 0.29) is 17.6 Å². The van der Waals surface area contributed by atoms with Gasteiger partial charge < -0.3 is 5.32 Å². The third-order valence-corrected chi connectivity index (χ3v) is 4.08. The Morgan fingerprint density at radius 3 is 2.61 bits per heavy atom. The lowest BCUT2D eigenvalue weighted by Gasteiger charge is -2.31. The van der Waals surface area contributed by atoms with E-state index in [0.717, 1.165) is 37.9 Å². The average Bonchev–Trinajstić information content (AvgIpc) is 2.71. The van der Waals surface area contributed by atoms with E-state index in [9.17, 15) is 14.9 Å². The van der Waals surface area contributed by atoms with Gasteiger partial charge in [0.1, 0.15) is 0 Å². The fourth-order valence-corrected chi connectivity index (χ4v) is 3.00. The third-order valence-electron chi connectivity index (χ3n) is 4.08. The van der Waals surface area contributed by atoms with Gasteiger partial charge >= 0.3 is 0 Å². The number of amides is 1. The zero-order valence-electron chi connectivity index (χ0n) is 13.8. The molecule has 23 heavy (non-hydrogen) atoms. The van der Waals surface area contributed by atoms with Crippen LogP contribution in [0.25, 0.3) is 0 Å². The molecule has 0 bridgehead atoms. The topological polar surface area (TPSA) is 75.5 Å². The second kappa shape index (κ2) is 8.06. The highest BCUT2D eigenvalue weighted by Gasteiger charge is 2.27. The first kappa shape index (κ1) is 17.4. The molecule has 6 nitrogen and oxygen atoms in total. The van der Waals surface area contributed by atoms with E-state index >= 15 is 0 Å². The standard InChI is InChI=1S/C17H25N3O3/c1-13(2)11-19(16-5-3-4-10-18-17(16)21)12-14-6-8-15(9-7-14)20(22)23/h6-9,13,16H,3-5,10-12H2,1-2H3,(H,18,21)/t16-/m1/s1. The lowest BCUT2D eigenvalue weighted by molar-refractivity contribution is -0.384. The summed E-state index contributed by atoms with van der Waals surface area (Å²) >= 11 is 0. The Morgan fingerprint density at radius 2 is 2.00 bits per heavy atom. The monoisotopic (exact) mass is 319 g/mol. The minimum absolute atomic E-state index is 0.0939. The molecule has 6 heteroatoms. The molecule has 1 amide bonds. The van der Waals surface area contributed by atoms with Gasteiger partial charge in [-0.2, -0.15) is 0 Å². The van der Waals surface area contributed by atoms with Crippen molar-refractivity contribution in [1.29, 1.82) is 0 Å². The summed E-state index contributed by atoms with van der Waals surface area (Å²) in [5.41, 5.74) is 1.09. The zero-order chi connectivity index (χ0) is 16.8. The fraction of sp³-hybridized carbons (Fsp3) is 0.588. The summed E-state index contributed by atoms with van der Waals surface area (Å²) in [4.78, 5) is 24.9. The van der Waals surface area contributed by atoms with Crippen molar-refractivity contribution in [3.8, 4) is 0 Å². The molecule has 1 heterocycles. The van der Waals surface area contributed by atoms with Crippen LogP contribution in [0, 0.1) is 16.0 Å². The molecule has 1 aromatic carbocycles. The Bertz CT molecular complexity index is 543. The number of non-ortho nitro benzene ring substituents is 1. The smallest absolute Gasteiger partial charge is 0.269 e. The van der Waals surface area contributed by atoms with Crippen molar-refractivity contribution in [2.75, 3.05) is 13.1 Å². The van der Waals surface area contributed by atoms with Crippen molar-refractivity contribution in [2.45, 2.75) is 45.7 Å². The molecule has 1 aliphatic heterocycles. The van der Waals surface area contributed by atoms with Crippen LogP contribution >= 0.6 is 0 Å². The molecule has 1 aliphatic rings. The molecule has 0 aromatic heterocycles. The van der Waals surface area contributed by atoms with Gasteiger partial charge in [-0.1, -0.05) is 26.0 Å². The van der Waals surface area contributed by atoms with Gasteiger partial charge in [-0.25, -0.2) is 0 Å². The van der Waals surface area contributed by atoms with E-state index in [1.165, 1.54) is 12.1 Å². The summed E-state index contributed by atoms with van der Waals surface area (Å²) in [6.07, 6.45) is 2.93. The van der Waals surface area contributed by atoms with Crippen LogP contribution < -0.4 is 5.32 Å². The fourth-order valence-electron chi connectivity index (χ4n) is 3.00. The quantitative estimate of drug-likeness (QED) is 0.646. The first-order valence-corrected chi connectivity index (χ1v) is 8.22. The summed E-state index contributed by atoms with van der Waals surface area (Å²) in [5, 5.41) is 13.7. The Hall–Kier alpha value is -1.95. The normalized spacial score (nSPS) is 18.8. The molecule has 1 aromatic rings. The Labute approximate surface area is 137 Å². The molecule has 1 N–H and O–H groups in total. The summed E-state index contributed by atoms with van der Waals surface area (Å²) < 4.78 is 0. The molecule has 0 unspecified atom stereocenters. The number of hydrogen-bond donors (Lipinski definition) is 1. The van der Waals surface area contributed by atoms with Crippen LogP contribution in [0.5, 0.6) is 0 Å². The predicted molar refractivity (Wildman–Crippen MR) is 89.0 cm³/mol. The molecule has 2 rings (SSSR count). The molecule has 1 atom stereocenters. The van der Waals surface area contributed by atoms with Crippen molar-refractivity contribution in [2.24, 2.45) is 5.92 Å². The number of carbonyl (C=O) groups excluding carboxylic acids is 1. The predicted octanol–water partition coefficient (Wildman–Crippen LogP) is 2.72. The van der Waals surface area contributed by atoms with Crippen molar-refractivity contribution in [1.82, 2.24) is 10.2 Å². The van der Waals surface area contributed by atoms with E-state index in [0.29, 0.717) is 12.5 Å². The van der Waals surface area contributed by atoms with E-state index in [2.05, 4.69) is 24.1 Å². The SMILES string of the molecule is CC(C)CN(Cc1ccc([N+](=O)[O-])cc1)[C@@H]1CCCCNC1=O. The second-order valence-electron chi connectivity index (χ2n) is 6.55. The van der Waals surface area contributed by atoms with Crippen molar-refractivity contribution < 1.29 is 9.72 Å². The van der Waals surface area contributed by atoms with Crippen molar-refractivity contribution in [3.05, 3.63) is 39.9 Å².